The van der Waals surface area contributed by atoms with E-state index in [0.717, 1.165) is 0 Å². The number of benzene rings is 2. The van der Waals surface area contributed by atoms with Gasteiger partial charge in [0, 0.05) is 11.3 Å². The molecule has 2 aromatic rings. The zero-order valence-corrected chi connectivity index (χ0v) is 12.9. The Labute approximate surface area is 138 Å². The van der Waals surface area contributed by atoms with Crippen LogP contribution >= 0.6 is 0 Å². The van der Waals surface area contributed by atoms with Crippen molar-refractivity contribution in [2.45, 2.75) is 6.42 Å². The van der Waals surface area contributed by atoms with E-state index in [1.165, 1.54) is 37.4 Å². The topological polar surface area (TPSA) is 119 Å². The first kappa shape index (κ1) is 17.0. The molecule has 0 aliphatic heterocycles. The fraction of sp³-hybridized carbons (Fsp3) is 0.118. The molecule has 0 saturated heterocycles. The Morgan fingerprint density at radius 2 is 1.71 bits per heavy atom. The molecule has 124 valence electrons. The van der Waals surface area contributed by atoms with Crippen molar-refractivity contribution in [2.24, 2.45) is 0 Å². The largest absolute Gasteiger partial charge is 0.495 e. The van der Waals surface area contributed by atoms with Crippen molar-refractivity contribution in [2.75, 3.05) is 18.2 Å². The molecule has 0 unspecified atom stereocenters. The third-order valence-electron chi connectivity index (χ3n) is 3.27. The summed E-state index contributed by atoms with van der Waals surface area (Å²) in [5.41, 5.74) is 6.62. The molecule has 2 rings (SSSR count). The number of amides is 1. The average molecular weight is 328 g/mol. The van der Waals surface area contributed by atoms with Gasteiger partial charge in [-0.15, -0.1) is 0 Å². The van der Waals surface area contributed by atoms with Crippen molar-refractivity contribution < 1.29 is 24.2 Å². The molecule has 0 saturated carbocycles. The Hall–Kier alpha value is -3.35. The lowest BCUT2D eigenvalue weighted by atomic mass is 10.1. The van der Waals surface area contributed by atoms with Gasteiger partial charge in [0.2, 0.25) is 5.91 Å². The number of ether oxygens (including phenoxy) is 1. The Morgan fingerprint density at radius 1 is 1.08 bits per heavy atom. The van der Waals surface area contributed by atoms with Crippen LogP contribution < -0.4 is 15.8 Å². The van der Waals surface area contributed by atoms with Crippen molar-refractivity contribution in [1.29, 1.82) is 0 Å². The summed E-state index contributed by atoms with van der Waals surface area (Å²) in [7, 11) is 1.39. The van der Waals surface area contributed by atoms with E-state index in [-0.39, 0.29) is 23.5 Å². The Kier molecular flexibility index (Phi) is 5.16. The monoisotopic (exact) mass is 328 g/mol. The number of rotatable bonds is 6. The molecule has 24 heavy (non-hydrogen) atoms. The molecular weight excluding hydrogens is 312 g/mol. The van der Waals surface area contributed by atoms with Crippen LogP contribution in [-0.2, 0) is 4.79 Å². The summed E-state index contributed by atoms with van der Waals surface area (Å²) in [6.07, 6.45) is -0.385. The SMILES string of the molecule is COc1ccc(C(=O)O)cc1NC(=O)CC(=O)c1ccc(N)cc1. The van der Waals surface area contributed by atoms with Gasteiger partial charge in [0.15, 0.2) is 5.78 Å². The lowest BCUT2D eigenvalue weighted by Crippen LogP contribution is -2.17. The molecule has 0 spiro atoms. The zero-order chi connectivity index (χ0) is 17.7. The van der Waals surface area contributed by atoms with Gasteiger partial charge in [0.05, 0.1) is 24.8 Å². The smallest absolute Gasteiger partial charge is 0.335 e. The molecule has 7 heteroatoms. The normalized spacial score (nSPS) is 10.0. The van der Waals surface area contributed by atoms with E-state index >= 15 is 0 Å². The number of carboxylic acid groups (broad SMARTS) is 1. The second kappa shape index (κ2) is 7.28. The maximum atomic E-state index is 12.1. The van der Waals surface area contributed by atoms with Crippen LogP contribution in [0.4, 0.5) is 11.4 Å². The Balaban J connectivity index is 2.11. The third-order valence-corrected chi connectivity index (χ3v) is 3.27. The predicted molar refractivity (Wildman–Crippen MR) is 88.4 cm³/mol. The third kappa shape index (κ3) is 4.10. The quantitative estimate of drug-likeness (QED) is 0.425. The lowest BCUT2D eigenvalue weighted by Gasteiger charge is -2.11. The van der Waals surface area contributed by atoms with E-state index in [1.54, 1.807) is 12.1 Å². The summed E-state index contributed by atoms with van der Waals surface area (Å²) in [5.74, 6) is -1.78. The van der Waals surface area contributed by atoms with Crippen LogP contribution in [0.5, 0.6) is 5.75 Å². The number of aromatic carboxylic acids is 1. The molecule has 2 aromatic carbocycles. The van der Waals surface area contributed by atoms with Crippen LogP contribution in [0.15, 0.2) is 42.5 Å². The van der Waals surface area contributed by atoms with E-state index in [2.05, 4.69) is 5.32 Å². The summed E-state index contributed by atoms with van der Waals surface area (Å²) < 4.78 is 5.08. The van der Waals surface area contributed by atoms with Crippen molar-refractivity contribution in [3.8, 4) is 5.75 Å². The number of Topliss-reactive ketones (excluding diaryl/α,β-unsaturated/α-hetero) is 1. The summed E-state index contributed by atoms with van der Waals surface area (Å²) in [6.45, 7) is 0. The average Bonchev–Trinajstić information content (AvgIpc) is 2.55. The standard InChI is InChI=1S/C17H16N2O5/c1-24-15-7-4-11(17(22)23)8-13(15)19-16(21)9-14(20)10-2-5-12(18)6-3-10/h2-8H,9,18H2,1H3,(H,19,21)(H,22,23). The number of anilines is 2. The van der Waals surface area contributed by atoms with E-state index in [1.807, 2.05) is 0 Å². The molecule has 0 fully saturated rings. The highest BCUT2D eigenvalue weighted by atomic mass is 16.5. The first-order valence-electron chi connectivity index (χ1n) is 7.00. The minimum absolute atomic E-state index is 0.00374. The Bertz CT molecular complexity index is 784. The molecule has 0 bridgehead atoms. The number of nitrogens with two attached hydrogens (primary N) is 1. The van der Waals surface area contributed by atoms with Crippen molar-refractivity contribution in [1.82, 2.24) is 0 Å². The van der Waals surface area contributed by atoms with Crippen LogP contribution in [-0.4, -0.2) is 29.9 Å². The summed E-state index contributed by atoms with van der Waals surface area (Å²) in [6, 6.07) is 10.3. The lowest BCUT2D eigenvalue weighted by molar-refractivity contribution is -0.115. The molecular formula is C17H16N2O5. The van der Waals surface area contributed by atoms with E-state index < -0.39 is 11.9 Å². The van der Waals surface area contributed by atoms with E-state index in [0.29, 0.717) is 17.0 Å². The minimum Gasteiger partial charge on any atom is -0.495 e. The molecule has 0 atom stereocenters. The highest BCUT2D eigenvalue weighted by Crippen LogP contribution is 2.25. The minimum atomic E-state index is -1.13. The van der Waals surface area contributed by atoms with Gasteiger partial charge in [-0.3, -0.25) is 9.59 Å². The summed E-state index contributed by atoms with van der Waals surface area (Å²) >= 11 is 0. The van der Waals surface area contributed by atoms with Gasteiger partial charge in [-0.05, 0) is 42.5 Å². The van der Waals surface area contributed by atoms with Crippen molar-refractivity contribution in [3.63, 3.8) is 0 Å². The highest BCUT2D eigenvalue weighted by Gasteiger charge is 2.15. The van der Waals surface area contributed by atoms with Crippen LogP contribution in [0.3, 0.4) is 0 Å². The van der Waals surface area contributed by atoms with Crippen LogP contribution in [0, 0.1) is 0 Å². The fourth-order valence-electron chi connectivity index (χ4n) is 2.05. The predicted octanol–water partition coefficient (Wildman–Crippen LogP) is 2.19. The van der Waals surface area contributed by atoms with Crippen LogP contribution in [0.2, 0.25) is 0 Å². The maximum Gasteiger partial charge on any atom is 0.335 e. The number of hydrogen-bond acceptors (Lipinski definition) is 5. The summed E-state index contributed by atoms with van der Waals surface area (Å²) in [5, 5.41) is 11.5. The molecule has 7 nitrogen and oxygen atoms in total. The number of carboxylic acids is 1. The van der Waals surface area contributed by atoms with Crippen LogP contribution in [0.25, 0.3) is 0 Å². The van der Waals surface area contributed by atoms with Gasteiger partial charge in [-0.25, -0.2) is 4.79 Å². The number of nitrogen functional groups attached to an aromatic ring is 1. The van der Waals surface area contributed by atoms with Crippen molar-refractivity contribution >= 4 is 29.0 Å². The van der Waals surface area contributed by atoms with Gasteiger partial charge < -0.3 is 20.9 Å². The molecule has 1 amide bonds. The highest BCUT2D eigenvalue weighted by molar-refractivity contribution is 6.11. The molecule has 4 N–H and O–H groups in total. The molecule has 0 heterocycles. The van der Waals surface area contributed by atoms with Gasteiger partial charge in [0.25, 0.3) is 0 Å². The number of hydrogen-bond donors (Lipinski definition) is 3. The van der Waals surface area contributed by atoms with Gasteiger partial charge in [0.1, 0.15) is 5.75 Å². The second-order valence-electron chi connectivity index (χ2n) is 4.99. The molecule has 0 aromatic heterocycles. The van der Waals surface area contributed by atoms with Crippen LogP contribution in [0.1, 0.15) is 27.1 Å². The maximum absolute atomic E-state index is 12.1. The number of nitrogens with one attached hydrogen (secondary N) is 1. The first-order chi connectivity index (χ1) is 11.4. The van der Waals surface area contributed by atoms with E-state index in [9.17, 15) is 14.4 Å². The fourth-order valence-corrected chi connectivity index (χ4v) is 2.05. The second-order valence-corrected chi connectivity index (χ2v) is 4.99. The van der Waals surface area contributed by atoms with Gasteiger partial charge in [-0.1, -0.05) is 0 Å². The van der Waals surface area contributed by atoms with E-state index in [4.69, 9.17) is 15.6 Å². The number of ketones is 1. The number of carbonyl (C=O) groups excluding carboxylic acids is 2. The number of carbonyl (C=O) groups is 3. The zero-order valence-electron chi connectivity index (χ0n) is 12.9. The Morgan fingerprint density at radius 3 is 2.29 bits per heavy atom. The number of methoxy groups -OCH3 is 1. The molecule has 0 aliphatic carbocycles. The van der Waals surface area contributed by atoms with Gasteiger partial charge in [-0.2, -0.15) is 0 Å². The van der Waals surface area contributed by atoms with Gasteiger partial charge >= 0.3 is 5.97 Å². The first-order valence-corrected chi connectivity index (χ1v) is 7.00. The summed E-state index contributed by atoms with van der Waals surface area (Å²) in [4.78, 5) is 35.1. The molecule has 0 aliphatic rings. The van der Waals surface area contributed by atoms with Crippen molar-refractivity contribution in [3.05, 3.63) is 53.6 Å². The molecule has 0 radical (unpaired) electrons.